The third-order valence-electron chi connectivity index (χ3n) is 3.72. The van der Waals surface area contributed by atoms with Gasteiger partial charge in [-0.2, -0.15) is 0 Å². The van der Waals surface area contributed by atoms with Crippen LogP contribution in [0.4, 0.5) is 16.4 Å². The van der Waals surface area contributed by atoms with Gasteiger partial charge in [0.25, 0.3) is 0 Å². The monoisotopic (exact) mass is 306 g/mol. The van der Waals surface area contributed by atoms with E-state index in [9.17, 15) is 9.59 Å². The summed E-state index contributed by atoms with van der Waals surface area (Å²) in [4.78, 5) is 31.2. The first-order valence-corrected chi connectivity index (χ1v) is 7.30. The number of anilines is 2. The minimum Gasteiger partial charge on any atom is -0.481 e. The van der Waals surface area contributed by atoms with Gasteiger partial charge in [-0.05, 0) is 24.5 Å². The van der Waals surface area contributed by atoms with Crippen LogP contribution >= 0.6 is 0 Å². The minimum atomic E-state index is -0.850. The van der Waals surface area contributed by atoms with E-state index in [-0.39, 0.29) is 18.5 Å². The molecule has 1 aromatic rings. The van der Waals surface area contributed by atoms with Crippen molar-refractivity contribution >= 4 is 23.6 Å². The molecule has 0 spiro atoms. The molecule has 0 saturated carbocycles. The number of hydrogen-bond acceptors (Lipinski definition) is 4. The van der Waals surface area contributed by atoms with E-state index in [1.165, 1.54) is 0 Å². The number of carbonyl (C=O) groups excluding carboxylic acids is 1. The van der Waals surface area contributed by atoms with Gasteiger partial charge in [-0.1, -0.05) is 13.0 Å². The summed E-state index contributed by atoms with van der Waals surface area (Å²) < 4.78 is 0. The van der Waals surface area contributed by atoms with Crippen LogP contribution in [0.5, 0.6) is 0 Å². The van der Waals surface area contributed by atoms with Crippen molar-refractivity contribution in [1.82, 2.24) is 9.88 Å². The number of likely N-dealkylation sites (tertiary alicyclic amines) is 1. The lowest BCUT2D eigenvalue weighted by molar-refractivity contribution is -0.143. The number of aliphatic carboxylic acids is 1. The average Bonchev–Trinajstić information content (AvgIpc) is 2.46. The SMILES string of the molecule is CC1CC(C(=O)O)CN(C(=O)Nc2cccc(N(C)C)n2)C1. The molecule has 22 heavy (non-hydrogen) atoms. The maximum atomic E-state index is 12.3. The van der Waals surface area contributed by atoms with Crippen molar-refractivity contribution in [3.63, 3.8) is 0 Å². The molecule has 2 atom stereocenters. The second-order valence-electron chi connectivity index (χ2n) is 5.99. The fourth-order valence-corrected chi connectivity index (χ4v) is 2.63. The van der Waals surface area contributed by atoms with E-state index in [4.69, 9.17) is 5.11 Å². The molecular weight excluding hydrogens is 284 g/mol. The van der Waals surface area contributed by atoms with Gasteiger partial charge in [0, 0.05) is 27.2 Å². The van der Waals surface area contributed by atoms with Crippen molar-refractivity contribution in [3.05, 3.63) is 18.2 Å². The molecule has 2 N–H and O–H groups in total. The first-order chi connectivity index (χ1) is 10.4. The molecule has 2 rings (SSSR count). The maximum absolute atomic E-state index is 12.3. The van der Waals surface area contributed by atoms with Crippen molar-refractivity contribution in [3.8, 4) is 0 Å². The molecule has 7 nitrogen and oxygen atoms in total. The highest BCUT2D eigenvalue weighted by atomic mass is 16.4. The summed E-state index contributed by atoms with van der Waals surface area (Å²) in [5.74, 6) is 0.0174. The molecule has 0 bridgehead atoms. The van der Waals surface area contributed by atoms with Crippen molar-refractivity contribution in [1.29, 1.82) is 0 Å². The lowest BCUT2D eigenvalue weighted by Gasteiger charge is -2.34. The number of carboxylic acids is 1. The van der Waals surface area contributed by atoms with Crippen molar-refractivity contribution in [2.75, 3.05) is 37.4 Å². The molecule has 1 aliphatic rings. The van der Waals surface area contributed by atoms with Crippen LogP contribution < -0.4 is 10.2 Å². The Morgan fingerprint density at radius 2 is 2.09 bits per heavy atom. The van der Waals surface area contributed by atoms with Crippen LogP contribution in [0.15, 0.2) is 18.2 Å². The second kappa shape index (κ2) is 6.64. The van der Waals surface area contributed by atoms with Gasteiger partial charge in [-0.25, -0.2) is 9.78 Å². The number of nitrogens with one attached hydrogen (secondary N) is 1. The number of carbonyl (C=O) groups is 2. The van der Waals surface area contributed by atoms with Gasteiger partial charge < -0.3 is 14.9 Å². The molecule has 0 aliphatic carbocycles. The van der Waals surface area contributed by atoms with Gasteiger partial charge >= 0.3 is 12.0 Å². The van der Waals surface area contributed by atoms with Crippen LogP contribution in [0.1, 0.15) is 13.3 Å². The Labute approximate surface area is 129 Å². The topological polar surface area (TPSA) is 85.8 Å². The predicted octanol–water partition coefficient (Wildman–Crippen LogP) is 1.72. The summed E-state index contributed by atoms with van der Waals surface area (Å²) in [6.07, 6.45) is 0.605. The maximum Gasteiger partial charge on any atom is 0.323 e. The molecule has 2 unspecified atom stereocenters. The third-order valence-corrected chi connectivity index (χ3v) is 3.72. The van der Waals surface area contributed by atoms with E-state index in [1.54, 1.807) is 11.0 Å². The van der Waals surface area contributed by atoms with Gasteiger partial charge in [0.15, 0.2) is 0 Å². The van der Waals surface area contributed by atoms with E-state index in [2.05, 4.69) is 10.3 Å². The molecular formula is C15H22N4O3. The third kappa shape index (κ3) is 3.87. The zero-order valence-electron chi connectivity index (χ0n) is 13.1. The van der Waals surface area contributed by atoms with Crippen molar-refractivity contribution in [2.45, 2.75) is 13.3 Å². The normalized spacial score (nSPS) is 21.3. The van der Waals surface area contributed by atoms with Crippen LogP contribution in [-0.4, -0.2) is 54.2 Å². The average molecular weight is 306 g/mol. The van der Waals surface area contributed by atoms with Crippen LogP contribution in [0.25, 0.3) is 0 Å². The largest absolute Gasteiger partial charge is 0.481 e. The van der Waals surface area contributed by atoms with E-state index in [0.717, 1.165) is 5.82 Å². The quantitative estimate of drug-likeness (QED) is 0.888. The Hall–Kier alpha value is -2.31. The summed E-state index contributed by atoms with van der Waals surface area (Å²) in [7, 11) is 3.75. The molecule has 1 fully saturated rings. The molecule has 7 heteroatoms. The number of urea groups is 1. The molecule has 2 amide bonds. The molecule has 0 aromatic carbocycles. The standard InChI is InChI=1S/C15H22N4O3/c1-10-7-11(14(20)21)9-19(8-10)15(22)17-12-5-4-6-13(16-12)18(2)3/h4-6,10-11H,7-9H2,1-3H3,(H,20,21)(H,16,17,22). The molecule has 120 valence electrons. The summed E-state index contributed by atoms with van der Waals surface area (Å²) >= 11 is 0. The zero-order valence-corrected chi connectivity index (χ0v) is 13.1. The second-order valence-corrected chi connectivity index (χ2v) is 5.99. The first-order valence-electron chi connectivity index (χ1n) is 7.30. The molecule has 1 saturated heterocycles. The lowest BCUT2D eigenvalue weighted by Crippen LogP contribution is -2.47. The highest BCUT2D eigenvalue weighted by Crippen LogP contribution is 2.22. The molecule has 2 heterocycles. The molecule has 1 aliphatic heterocycles. The summed E-state index contributed by atoms with van der Waals surface area (Å²) in [6, 6.07) is 5.07. The van der Waals surface area contributed by atoms with E-state index in [0.29, 0.717) is 18.8 Å². The number of aromatic nitrogens is 1. The van der Waals surface area contributed by atoms with Crippen LogP contribution in [0, 0.1) is 11.8 Å². The Balaban J connectivity index is 2.05. The number of pyridine rings is 1. The van der Waals surface area contributed by atoms with Crippen LogP contribution in [-0.2, 0) is 4.79 Å². The van der Waals surface area contributed by atoms with E-state index >= 15 is 0 Å². The van der Waals surface area contributed by atoms with Gasteiger partial charge in [0.2, 0.25) is 0 Å². The fourth-order valence-electron chi connectivity index (χ4n) is 2.63. The van der Waals surface area contributed by atoms with Gasteiger partial charge in [-0.3, -0.25) is 10.1 Å². The van der Waals surface area contributed by atoms with Gasteiger partial charge in [0.1, 0.15) is 11.6 Å². The van der Waals surface area contributed by atoms with E-state index < -0.39 is 11.9 Å². The van der Waals surface area contributed by atoms with Crippen molar-refractivity contribution in [2.24, 2.45) is 11.8 Å². The number of hydrogen-bond donors (Lipinski definition) is 2. The van der Waals surface area contributed by atoms with E-state index in [1.807, 2.05) is 38.1 Å². The van der Waals surface area contributed by atoms with Gasteiger partial charge in [0.05, 0.1) is 5.92 Å². The fraction of sp³-hybridized carbons (Fsp3) is 0.533. The smallest absolute Gasteiger partial charge is 0.323 e. The molecule has 1 aromatic heterocycles. The number of carboxylic acid groups (broad SMARTS) is 1. The number of amides is 2. The predicted molar refractivity (Wildman–Crippen MR) is 84.1 cm³/mol. The van der Waals surface area contributed by atoms with Crippen molar-refractivity contribution < 1.29 is 14.7 Å². The summed E-state index contributed by atoms with van der Waals surface area (Å²) in [6.45, 7) is 2.75. The Morgan fingerprint density at radius 3 is 2.73 bits per heavy atom. The van der Waals surface area contributed by atoms with Gasteiger partial charge in [-0.15, -0.1) is 0 Å². The van der Waals surface area contributed by atoms with Crippen LogP contribution in [0.2, 0.25) is 0 Å². The first kappa shape index (κ1) is 16.1. The number of rotatable bonds is 3. The van der Waals surface area contributed by atoms with Crippen LogP contribution in [0.3, 0.4) is 0 Å². The summed E-state index contributed by atoms with van der Waals surface area (Å²) in [5, 5.41) is 11.9. The summed E-state index contributed by atoms with van der Waals surface area (Å²) in [5.41, 5.74) is 0. The molecule has 0 radical (unpaired) electrons. The highest BCUT2D eigenvalue weighted by Gasteiger charge is 2.32. The minimum absolute atomic E-state index is 0.168. The number of nitrogens with zero attached hydrogens (tertiary/aromatic N) is 3. The highest BCUT2D eigenvalue weighted by molar-refractivity contribution is 5.89. The lowest BCUT2D eigenvalue weighted by atomic mass is 9.91. The number of piperidine rings is 1. The Bertz CT molecular complexity index is 561. The Kier molecular flexibility index (Phi) is 4.85. The zero-order chi connectivity index (χ0) is 16.3. The Morgan fingerprint density at radius 1 is 1.36 bits per heavy atom.